The van der Waals surface area contributed by atoms with Crippen LogP contribution in [-0.2, 0) is 4.74 Å². The van der Waals surface area contributed by atoms with Crippen LogP contribution in [0.1, 0.15) is 27.7 Å². The SMILES string of the molecule is CCN(C(=O)OC(C)(C)C)c1ncc(-c2ccc(O)cc2)s1. The Morgan fingerprint density at radius 1 is 1.32 bits per heavy atom. The van der Waals surface area contributed by atoms with Crippen molar-refractivity contribution in [1.82, 2.24) is 4.98 Å². The standard InChI is InChI=1S/C16H20N2O3S/c1-5-18(15(20)21-16(2,3)4)14-17-10-13(22-14)11-6-8-12(19)9-7-11/h6-10,19H,5H2,1-4H3. The van der Waals surface area contributed by atoms with Crippen molar-refractivity contribution in [2.24, 2.45) is 0 Å². The van der Waals surface area contributed by atoms with Crippen LogP contribution in [0.2, 0.25) is 0 Å². The van der Waals surface area contributed by atoms with E-state index in [4.69, 9.17) is 4.74 Å². The highest BCUT2D eigenvalue weighted by Gasteiger charge is 2.24. The Balaban J connectivity index is 2.21. The van der Waals surface area contributed by atoms with Crippen LogP contribution < -0.4 is 4.90 Å². The molecule has 1 aromatic carbocycles. The van der Waals surface area contributed by atoms with Gasteiger partial charge in [-0.25, -0.2) is 9.78 Å². The first kappa shape index (κ1) is 16.3. The van der Waals surface area contributed by atoms with E-state index < -0.39 is 11.7 Å². The molecule has 0 aliphatic rings. The van der Waals surface area contributed by atoms with Crippen molar-refractivity contribution in [3.8, 4) is 16.2 Å². The van der Waals surface area contributed by atoms with Gasteiger partial charge in [-0.3, -0.25) is 4.90 Å². The lowest BCUT2D eigenvalue weighted by atomic mass is 10.2. The highest BCUT2D eigenvalue weighted by Crippen LogP contribution is 2.32. The number of amides is 1. The summed E-state index contributed by atoms with van der Waals surface area (Å²) in [5, 5.41) is 9.93. The summed E-state index contributed by atoms with van der Waals surface area (Å²) in [5.74, 6) is 0.220. The maximum Gasteiger partial charge on any atom is 0.416 e. The number of benzene rings is 1. The summed E-state index contributed by atoms with van der Waals surface area (Å²) >= 11 is 1.41. The molecule has 2 rings (SSSR count). The Hall–Kier alpha value is -2.08. The average Bonchev–Trinajstić information content (AvgIpc) is 2.88. The van der Waals surface area contributed by atoms with Crippen LogP contribution in [0.15, 0.2) is 30.5 Å². The van der Waals surface area contributed by atoms with Crippen LogP contribution in [0.5, 0.6) is 5.75 Å². The van der Waals surface area contributed by atoms with E-state index in [0.717, 1.165) is 10.4 Å². The molecule has 1 amide bonds. The minimum absolute atomic E-state index is 0.220. The number of rotatable bonds is 3. The molecule has 22 heavy (non-hydrogen) atoms. The minimum atomic E-state index is -0.540. The average molecular weight is 320 g/mol. The van der Waals surface area contributed by atoms with Crippen LogP contribution in [0.25, 0.3) is 10.4 Å². The highest BCUT2D eigenvalue weighted by atomic mass is 32.1. The number of aromatic hydroxyl groups is 1. The first-order chi connectivity index (χ1) is 10.3. The quantitative estimate of drug-likeness (QED) is 0.917. The Kier molecular flexibility index (Phi) is 4.71. The summed E-state index contributed by atoms with van der Waals surface area (Å²) < 4.78 is 5.40. The number of carbonyl (C=O) groups excluding carboxylic acids is 1. The molecule has 1 heterocycles. The Morgan fingerprint density at radius 3 is 2.50 bits per heavy atom. The van der Waals surface area contributed by atoms with Gasteiger partial charge in [0, 0.05) is 12.7 Å². The van der Waals surface area contributed by atoms with Gasteiger partial charge in [0.05, 0.1) is 4.88 Å². The summed E-state index contributed by atoms with van der Waals surface area (Å²) in [7, 11) is 0. The van der Waals surface area contributed by atoms with E-state index in [-0.39, 0.29) is 5.75 Å². The van der Waals surface area contributed by atoms with Gasteiger partial charge in [-0.2, -0.15) is 0 Å². The van der Waals surface area contributed by atoms with Crippen LogP contribution in [0.4, 0.5) is 9.93 Å². The van der Waals surface area contributed by atoms with Crippen molar-refractivity contribution >= 4 is 22.6 Å². The lowest BCUT2D eigenvalue weighted by Crippen LogP contribution is -2.36. The molecule has 2 aromatic rings. The number of hydrogen-bond donors (Lipinski definition) is 1. The Morgan fingerprint density at radius 2 is 1.95 bits per heavy atom. The van der Waals surface area contributed by atoms with Crippen molar-refractivity contribution < 1.29 is 14.6 Å². The van der Waals surface area contributed by atoms with Gasteiger partial charge in [-0.15, -0.1) is 0 Å². The molecule has 0 unspecified atom stereocenters. The van der Waals surface area contributed by atoms with Crippen LogP contribution >= 0.6 is 11.3 Å². The van der Waals surface area contributed by atoms with E-state index in [0.29, 0.717) is 11.7 Å². The van der Waals surface area contributed by atoms with E-state index in [1.54, 1.807) is 18.3 Å². The molecule has 0 spiro atoms. The lowest BCUT2D eigenvalue weighted by Gasteiger charge is -2.24. The van der Waals surface area contributed by atoms with Crippen molar-refractivity contribution in [2.75, 3.05) is 11.4 Å². The van der Waals surface area contributed by atoms with Gasteiger partial charge >= 0.3 is 6.09 Å². The van der Waals surface area contributed by atoms with Gasteiger partial charge in [-0.1, -0.05) is 11.3 Å². The van der Waals surface area contributed by atoms with E-state index in [1.165, 1.54) is 16.2 Å². The second-order valence-electron chi connectivity index (χ2n) is 5.78. The molecule has 118 valence electrons. The van der Waals surface area contributed by atoms with Crippen LogP contribution in [-0.4, -0.2) is 28.3 Å². The normalized spacial score (nSPS) is 11.3. The van der Waals surface area contributed by atoms with Crippen molar-refractivity contribution in [2.45, 2.75) is 33.3 Å². The molecule has 0 aliphatic heterocycles. The molecule has 0 bridgehead atoms. The van der Waals surface area contributed by atoms with Crippen molar-refractivity contribution in [3.63, 3.8) is 0 Å². The molecular formula is C16H20N2O3S. The molecule has 0 atom stereocenters. The number of thiazole rings is 1. The van der Waals surface area contributed by atoms with Gasteiger partial charge in [0.25, 0.3) is 0 Å². The molecule has 1 N–H and O–H groups in total. The maximum atomic E-state index is 12.2. The molecule has 0 saturated heterocycles. The molecule has 6 heteroatoms. The predicted octanol–water partition coefficient (Wildman–Crippen LogP) is 4.28. The number of phenols is 1. The number of nitrogens with zero attached hydrogens (tertiary/aromatic N) is 2. The van der Waals surface area contributed by atoms with E-state index in [1.807, 2.05) is 39.8 Å². The van der Waals surface area contributed by atoms with Gasteiger partial charge < -0.3 is 9.84 Å². The third-order valence-electron chi connectivity index (χ3n) is 2.81. The summed E-state index contributed by atoms with van der Waals surface area (Å²) in [4.78, 5) is 19.0. The number of phenolic OH excluding ortho intramolecular Hbond substituents is 1. The predicted molar refractivity (Wildman–Crippen MR) is 88.5 cm³/mol. The zero-order valence-corrected chi connectivity index (χ0v) is 14.0. The van der Waals surface area contributed by atoms with Gasteiger partial charge in [0.2, 0.25) is 0 Å². The number of ether oxygens (including phenoxy) is 1. The fraction of sp³-hybridized carbons (Fsp3) is 0.375. The second kappa shape index (κ2) is 6.36. The minimum Gasteiger partial charge on any atom is -0.508 e. The summed E-state index contributed by atoms with van der Waals surface area (Å²) in [6, 6.07) is 6.88. The fourth-order valence-electron chi connectivity index (χ4n) is 1.81. The molecule has 5 nitrogen and oxygen atoms in total. The molecule has 0 radical (unpaired) electrons. The number of hydrogen-bond acceptors (Lipinski definition) is 5. The molecule has 0 saturated carbocycles. The van der Waals surface area contributed by atoms with E-state index in [2.05, 4.69) is 4.98 Å². The topological polar surface area (TPSA) is 62.7 Å². The van der Waals surface area contributed by atoms with Gasteiger partial charge in [0.15, 0.2) is 5.13 Å². The molecule has 1 aromatic heterocycles. The Labute approximate surface area is 134 Å². The van der Waals surface area contributed by atoms with Crippen LogP contribution in [0, 0.1) is 0 Å². The first-order valence-electron chi connectivity index (χ1n) is 7.06. The monoisotopic (exact) mass is 320 g/mol. The van der Waals surface area contributed by atoms with Crippen LogP contribution in [0.3, 0.4) is 0 Å². The fourth-order valence-corrected chi connectivity index (χ4v) is 2.78. The van der Waals surface area contributed by atoms with Gasteiger partial charge in [-0.05, 0) is 57.5 Å². The van der Waals surface area contributed by atoms with Crippen molar-refractivity contribution in [1.29, 1.82) is 0 Å². The number of anilines is 1. The smallest absolute Gasteiger partial charge is 0.416 e. The highest BCUT2D eigenvalue weighted by molar-refractivity contribution is 7.19. The van der Waals surface area contributed by atoms with Gasteiger partial charge in [0.1, 0.15) is 11.4 Å². The maximum absolute atomic E-state index is 12.2. The third-order valence-corrected chi connectivity index (χ3v) is 3.88. The molecule has 0 fully saturated rings. The number of aromatic nitrogens is 1. The second-order valence-corrected chi connectivity index (χ2v) is 6.79. The summed E-state index contributed by atoms with van der Waals surface area (Å²) in [6.07, 6.45) is 1.32. The summed E-state index contributed by atoms with van der Waals surface area (Å²) in [6.45, 7) is 7.87. The van der Waals surface area contributed by atoms with E-state index >= 15 is 0 Å². The summed E-state index contributed by atoms with van der Waals surface area (Å²) in [5.41, 5.74) is 0.406. The number of carbonyl (C=O) groups is 1. The zero-order chi connectivity index (χ0) is 16.3. The molecule has 0 aliphatic carbocycles. The van der Waals surface area contributed by atoms with E-state index in [9.17, 15) is 9.90 Å². The van der Waals surface area contributed by atoms with Crippen molar-refractivity contribution in [3.05, 3.63) is 30.5 Å². The zero-order valence-electron chi connectivity index (χ0n) is 13.2. The lowest BCUT2D eigenvalue weighted by molar-refractivity contribution is 0.0582. The largest absolute Gasteiger partial charge is 0.508 e. The third kappa shape index (κ3) is 3.98. The molecular weight excluding hydrogens is 300 g/mol. The first-order valence-corrected chi connectivity index (χ1v) is 7.87. The Bertz CT molecular complexity index is 644.